The largest absolute Gasteiger partial charge is 0.478 e. The van der Waals surface area contributed by atoms with Crippen LogP contribution in [0.5, 0.6) is 0 Å². The number of hydrogen-bond acceptors (Lipinski definition) is 4. The number of amides is 1. The van der Waals surface area contributed by atoms with Crippen LogP contribution in [0.1, 0.15) is 26.5 Å². The number of nitrogens with zero attached hydrogens (tertiary/aromatic N) is 1. The molecule has 0 saturated carbocycles. The number of carboxylic acids is 1. The summed E-state index contributed by atoms with van der Waals surface area (Å²) in [4.78, 5) is 23.0. The van der Waals surface area contributed by atoms with E-state index in [1.54, 1.807) is 48.5 Å². The summed E-state index contributed by atoms with van der Waals surface area (Å²) in [6.07, 6.45) is 1.35. The molecular weight excluding hydrogens is 356 g/mol. The molecular formula is C19H13ClN2O4. The Labute approximate surface area is 153 Å². The molecule has 3 aromatic rings. The fourth-order valence-electron chi connectivity index (χ4n) is 2.24. The highest BCUT2D eigenvalue weighted by molar-refractivity contribution is 6.33. The Bertz CT molecular complexity index is 994. The Balaban J connectivity index is 1.70. The van der Waals surface area contributed by atoms with Gasteiger partial charge in [0, 0.05) is 5.56 Å². The first-order chi connectivity index (χ1) is 12.5. The standard InChI is InChI=1S/C19H13ClN2O4/c20-16-7-2-1-6-15(16)18(23)22-21-11-14-8-9-17(26-14)12-4-3-5-13(10-12)19(24)25/h1-11H,(H,22,23)(H,24,25). The molecule has 2 N–H and O–H groups in total. The van der Waals surface area contributed by atoms with Crippen molar-refractivity contribution in [3.8, 4) is 11.3 Å². The van der Waals surface area contributed by atoms with Crippen LogP contribution >= 0.6 is 11.6 Å². The summed E-state index contributed by atoms with van der Waals surface area (Å²) >= 11 is 5.95. The molecule has 0 aliphatic rings. The molecule has 6 nitrogen and oxygen atoms in total. The molecule has 1 aromatic heterocycles. The van der Waals surface area contributed by atoms with Gasteiger partial charge in [0.05, 0.1) is 22.4 Å². The van der Waals surface area contributed by atoms with Crippen LogP contribution < -0.4 is 5.43 Å². The molecule has 0 aliphatic carbocycles. The maximum absolute atomic E-state index is 12.0. The van der Waals surface area contributed by atoms with Gasteiger partial charge in [-0.25, -0.2) is 10.2 Å². The number of nitrogens with one attached hydrogen (secondary N) is 1. The summed E-state index contributed by atoms with van der Waals surface area (Å²) < 4.78 is 5.60. The second kappa shape index (κ2) is 7.67. The number of hydrazone groups is 1. The zero-order valence-corrected chi connectivity index (χ0v) is 14.1. The Morgan fingerprint density at radius 2 is 1.88 bits per heavy atom. The molecule has 1 amide bonds. The maximum atomic E-state index is 12.0. The molecule has 1 heterocycles. The van der Waals surface area contributed by atoms with Gasteiger partial charge in [-0.1, -0.05) is 35.9 Å². The highest BCUT2D eigenvalue weighted by Crippen LogP contribution is 2.22. The number of rotatable bonds is 5. The van der Waals surface area contributed by atoms with Gasteiger partial charge < -0.3 is 9.52 Å². The van der Waals surface area contributed by atoms with E-state index in [1.807, 2.05) is 0 Å². The summed E-state index contributed by atoms with van der Waals surface area (Å²) in [5.74, 6) is -0.553. The van der Waals surface area contributed by atoms with Crippen LogP contribution in [0, 0.1) is 0 Å². The maximum Gasteiger partial charge on any atom is 0.335 e. The van der Waals surface area contributed by atoms with Crippen molar-refractivity contribution in [2.75, 3.05) is 0 Å². The lowest BCUT2D eigenvalue weighted by Gasteiger charge is -2.01. The quantitative estimate of drug-likeness (QED) is 0.524. The van der Waals surface area contributed by atoms with Crippen molar-refractivity contribution in [1.29, 1.82) is 0 Å². The van der Waals surface area contributed by atoms with Crippen LogP contribution in [0.4, 0.5) is 0 Å². The lowest BCUT2D eigenvalue weighted by molar-refractivity contribution is 0.0696. The third-order valence-corrected chi connectivity index (χ3v) is 3.83. The van der Waals surface area contributed by atoms with Crippen molar-refractivity contribution < 1.29 is 19.1 Å². The SMILES string of the molecule is O=C(O)c1cccc(-c2ccc(C=NNC(=O)c3ccccc3Cl)o2)c1. The molecule has 7 heteroatoms. The van der Waals surface area contributed by atoms with E-state index < -0.39 is 11.9 Å². The van der Waals surface area contributed by atoms with Gasteiger partial charge in [0.15, 0.2) is 0 Å². The minimum Gasteiger partial charge on any atom is -0.478 e. The molecule has 0 fully saturated rings. The van der Waals surface area contributed by atoms with E-state index in [2.05, 4.69) is 10.5 Å². The lowest BCUT2D eigenvalue weighted by Crippen LogP contribution is -2.17. The van der Waals surface area contributed by atoms with Crippen LogP contribution in [0.2, 0.25) is 5.02 Å². The van der Waals surface area contributed by atoms with Gasteiger partial charge in [-0.2, -0.15) is 5.10 Å². The summed E-state index contributed by atoms with van der Waals surface area (Å²) in [5, 5.41) is 13.2. The number of halogens is 1. The highest BCUT2D eigenvalue weighted by Gasteiger charge is 2.09. The molecule has 0 unspecified atom stereocenters. The first kappa shape index (κ1) is 17.4. The topological polar surface area (TPSA) is 91.9 Å². The van der Waals surface area contributed by atoms with E-state index in [-0.39, 0.29) is 5.56 Å². The monoisotopic (exact) mass is 368 g/mol. The van der Waals surface area contributed by atoms with E-state index in [0.717, 1.165) is 0 Å². The molecule has 0 saturated heterocycles. The van der Waals surface area contributed by atoms with E-state index in [4.69, 9.17) is 21.1 Å². The van der Waals surface area contributed by atoms with Crippen molar-refractivity contribution in [2.45, 2.75) is 0 Å². The van der Waals surface area contributed by atoms with E-state index >= 15 is 0 Å². The first-order valence-corrected chi connectivity index (χ1v) is 7.94. The Morgan fingerprint density at radius 1 is 1.08 bits per heavy atom. The van der Waals surface area contributed by atoms with E-state index in [1.165, 1.54) is 18.3 Å². The number of carbonyl (C=O) groups excluding carboxylic acids is 1. The van der Waals surface area contributed by atoms with Crippen LogP contribution in [0.15, 0.2) is 70.2 Å². The molecule has 0 aliphatic heterocycles. The van der Waals surface area contributed by atoms with Crippen LogP contribution in [0.25, 0.3) is 11.3 Å². The summed E-state index contributed by atoms with van der Waals surface area (Å²) in [5.41, 5.74) is 3.48. The number of aromatic carboxylic acids is 1. The second-order valence-corrected chi connectivity index (χ2v) is 5.67. The number of benzene rings is 2. The Kier molecular flexibility index (Phi) is 5.15. The average Bonchev–Trinajstić information content (AvgIpc) is 3.11. The third-order valence-electron chi connectivity index (χ3n) is 3.50. The Morgan fingerprint density at radius 3 is 2.65 bits per heavy atom. The zero-order chi connectivity index (χ0) is 18.5. The summed E-state index contributed by atoms with van der Waals surface area (Å²) in [6.45, 7) is 0. The van der Waals surface area contributed by atoms with Crippen molar-refractivity contribution in [3.05, 3.63) is 82.6 Å². The zero-order valence-electron chi connectivity index (χ0n) is 13.3. The van der Waals surface area contributed by atoms with Crippen molar-refractivity contribution >= 4 is 29.7 Å². The minimum atomic E-state index is -1.01. The molecule has 26 heavy (non-hydrogen) atoms. The van der Waals surface area contributed by atoms with Gasteiger partial charge in [0.1, 0.15) is 11.5 Å². The van der Waals surface area contributed by atoms with Crippen molar-refractivity contribution in [3.63, 3.8) is 0 Å². The molecule has 0 radical (unpaired) electrons. The van der Waals surface area contributed by atoms with Gasteiger partial charge in [-0.15, -0.1) is 0 Å². The fourth-order valence-corrected chi connectivity index (χ4v) is 2.46. The van der Waals surface area contributed by atoms with Gasteiger partial charge >= 0.3 is 5.97 Å². The van der Waals surface area contributed by atoms with E-state index in [9.17, 15) is 9.59 Å². The average molecular weight is 369 g/mol. The van der Waals surface area contributed by atoms with E-state index in [0.29, 0.717) is 27.7 Å². The predicted octanol–water partition coefficient (Wildman–Crippen LogP) is 4.06. The fraction of sp³-hybridized carbons (Fsp3) is 0. The highest BCUT2D eigenvalue weighted by atomic mass is 35.5. The predicted molar refractivity (Wildman–Crippen MR) is 97.6 cm³/mol. The normalized spacial score (nSPS) is 10.8. The smallest absolute Gasteiger partial charge is 0.335 e. The molecule has 2 aromatic carbocycles. The minimum absolute atomic E-state index is 0.168. The third kappa shape index (κ3) is 3.99. The first-order valence-electron chi connectivity index (χ1n) is 7.56. The summed E-state index contributed by atoms with van der Waals surface area (Å²) in [6, 6.07) is 16.4. The van der Waals surface area contributed by atoms with Crippen LogP contribution in [-0.4, -0.2) is 23.2 Å². The number of furan rings is 1. The summed E-state index contributed by atoms with van der Waals surface area (Å²) in [7, 11) is 0. The molecule has 130 valence electrons. The Hall–Kier alpha value is -3.38. The molecule has 3 rings (SSSR count). The number of carbonyl (C=O) groups is 2. The van der Waals surface area contributed by atoms with Crippen LogP contribution in [-0.2, 0) is 0 Å². The molecule has 0 spiro atoms. The second-order valence-electron chi connectivity index (χ2n) is 5.27. The van der Waals surface area contributed by atoms with Gasteiger partial charge in [0.2, 0.25) is 0 Å². The van der Waals surface area contributed by atoms with Gasteiger partial charge in [-0.05, 0) is 36.4 Å². The lowest BCUT2D eigenvalue weighted by atomic mass is 10.1. The van der Waals surface area contributed by atoms with Crippen LogP contribution in [0.3, 0.4) is 0 Å². The van der Waals surface area contributed by atoms with Gasteiger partial charge in [0.25, 0.3) is 5.91 Å². The van der Waals surface area contributed by atoms with Gasteiger partial charge in [-0.3, -0.25) is 4.79 Å². The molecule has 0 bridgehead atoms. The molecule has 0 atom stereocenters. The van der Waals surface area contributed by atoms with Crippen molar-refractivity contribution in [1.82, 2.24) is 5.43 Å². The number of carboxylic acid groups (broad SMARTS) is 1. The number of hydrogen-bond donors (Lipinski definition) is 2. The van der Waals surface area contributed by atoms with Crippen molar-refractivity contribution in [2.24, 2.45) is 5.10 Å².